The summed E-state index contributed by atoms with van der Waals surface area (Å²) >= 11 is 0. The Kier molecular flexibility index (Phi) is 5.94. The van der Waals surface area contributed by atoms with Crippen molar-refractivity contribution in [2.45, 2.75) is 71.8 Å². The van der Waals surface area contributed by atoms with Crippen LogP contribution < -0.4 is 4.74 Å². The van der Waals surface area contributed by atoms with Crippen molar-refractivity contribution in [1.82, 2.24) is 4.98 Å². The lowest BCUT2D eigenvalue weighted by atomic mass is 9.91. The summed E-state index contributed by atoms with van der Waals surface area (Å²) in [5, 5.41) is 0. The average Bonchev–Trinajstić information content (AvgIpc) is 3.45. The van der Waals surface area contributed by atoms with Crippen LogP contribution in [0.2, 0.25) is 0 Å². The Labute approximate surface area is 195 Å². The molecule has 0 radical (unpaired) electrons. The summed E-state index contributed by atoms with van der Waals surface area (Å²) in [6.45, 7) is 6.22. The molecule has 0 N–H and O–H groups in total. The zero-order chi connectivity index (χ0) is 23.1. The van der Waals surface area contributed by atoms with Crippen LogP contribution in [0.15, 0.2) is 36.5 Å². The third-order valence-electron chi connectivity index (χ3n) is 7.25. The molecule has 0 amide bonds. The topological polar surface area (TPSA) is 22.1 Å². The molecule has 2 nitrogen and oxygen atoms in total. The number of hydrogen-bond acceptors (Lipinski definition) is 2. The molecule has 0 spiro atoms. The van der Waals surface area contributed by atoms with E-state index in [4.69, 9.17) is 4.74 Å². The third kappa shape index (κ3) is 4.40. The second kappa shape index (κ2) is 8.89. The van der Waals surface area contributed by atoms with E-state index in [0.717, 1.165) is 47.9 Å². The molecule has 2 atom stereocenters. The lowest BCUT2D eigenvalue weighted by Gasteiger charge is -2.16. The number of hydrogen-bond donors (Lipinski definition) is 0. The zero-order valence-corrected chi connectivity index (χ0v) is 19.7. The van der Waals surface area contributed by atoms with Gasteiger partial charge in [-0.3, -0.25) is 0 Å². The molecule has 1 aromatic heterocycles. The highest BCUT2D eigenvalue weighted by Crippen LogP contribution is 2.56. The monoisotopic (exact) mass is 447 g/mol. The highest BCUT2D eigenvalue weighted by molar-refractivity contribution is 5.72. The summed E-state index contributed by atoms with van der Waals surface area (Å²) in [7, 11) is 0. The summed E-state index contributed by atoms with van der Waals surface area (Å²) in [4.78, 5) is 4.42. The van der Waals surface area contributed by atoms with Crippen molar-refractivity contribution in [3.8, 4) is 17.0 Å². The van der Waals surface area contributed by atoms with Crippen LogP contribution in [0.4, 0.5) is 8.78 Å². The Morgan fingerprint density at radius 3 is 2.55 bits per heavy atom. The molecular formula is C29H31F2NO. The van der Waals surface area contributed by atoms with Crippen molar-refractivity contribution < 1.29 is 13.5 Å². The van der Waals surface area contributed by atoms with Crippen LogP contribution in [0.3, 0.4) is 0 Å². The average molecular weight is 448 g/mol. The second-order valence-corrected chi connectivity index (χ2v) is 9.80. The highest BCUT2D eigenvalue weighted by Gasteiger charge is 2.45. The Hall–Kier alpha value is -2.75. The maximum absolute atomic E-state index is 14.9. The van der Waals surface area contributed by atoms with Gasteiger partial charge in [-0.25, -0.2) is 13.8 Å². The van der Waals surface area contributed by atoms with Gasteiger partial charge < -0.3 is 4.74 Å². The minimum absolute atomic E-state index is 0.0188. The largest absolute Gasteiger partial charge is 0.473 e. The van der Waals surface area contributed by atoms with Gasteiger partial charge in [-0.15, -0.1) is 0 Å². The molecule has 2 unspecified atom stereocenters. The standard InChI is InChI=1S/C29H31F2NO/c1-4-5-6-7-19-8-17(2)29(18(3)9-19)24-12-22(26(30)14-27(24)31)16-33-28-13-21-10-20-11-23(20)25(21)15-32-28/h8-9,12-15,20,23H,4-7,10-11,16H2,1-3H3. The fraction of sp³-hybridized carbons (Fsp3) is 0.414. The van der Waals surface area contributed by atoms with Gasteiger partial charge in [-0.1, -0.05) is 31.9 Å². The predicted molar refractivity (Wildman–Crippen MR) is 128 cm³/mol. The molecule has 0 aliphatic heterocycles. The molecule has 0 saturated heterocycles. The van der Waals surface area contributed by atoms with Crippen LogP contribution >= 0.6 is 0 Å². The fourth-order valence-corrected chi connectivity index (χ4v) is 5.46. The molecule has 33 heavy (non-hydrogen) atoms. The van der Waals surface area contributed by atoms with Crippen molar-refractivity contribution in [2.75, 3.05) is 0 Å². The molecular weight excluding hydrogens is 416 g/mol. The molecule has 4 heteroatoms. The number of aryl methyl sites for hydroxylation is 3. The smallest absolute Gasteiger partial charge is 0.213 e. The van der Waals surface area contributed by atoms with Crippen molar-refractivity contribution in [3.63, 3.8) is 0 Å². The number of benzene rings is 2. The predicted octanol–water partition coefficient (Wildman–Crippen LogP) is 7.61. The SMILES string of the molecule is CCCCCc1cc(C)c(-c2cc(COc3cc4c(cn3)C3CC3C4)c(F)cc2F)c(C)c1. The van der Waals surface area contributed by atoms with Crippen molar-refractivity contribution in [3.05, 3.63) is 81.5 Å². The minimum Gasteiger partial charge on any atom is -0.473 e. The highest BCUT2D eigenvalue weighted by atomic mass is 19.1. The summed E-state index contributed by atoms with van der Waals surface area (Å²) in [5.41, 5.74) is 7.53. The first-order chi connectivity index (χ1) is 15.9. The van der Waals surface area contributed by atoms with E-state index in [2.05, 4.69) is 24.0 Å². The van der Waals surface area contributed by atoms with Gasteiger partial charge in [0.2, 0.25) is 5.88 Å². The number of rotatable bonds is 8. The molecule has 2 aromatic carbocycles. The van der Waals surface area contributed by atoms with Crippen LogP contribution in [0.1, 0.15) is 71.9 Å². The molecule has 0 bridgehead atoms. The molecule has 1 fully saturated rings. The number of fused-ring (bicyclic) bond motifs is 3. The van der Waals surface area contributed by atoms with Gasteiger partial charge in [0.25, 0.3) is 0 Å². The van der Waals surface area contributed by atoms with Gasteiger partial charge in [-0.05, 0) is 90.8 Å². The van der Waals surface area contributed by atoms with Crippen LogP contribution in [0.5, 0.6) is 5.88 Å². The van der Waals surface area contributed by atoms with Crippen LogP contribution in [0, 0.1) is 31.4 Å². The fourth-order valence-electron chi connectivity index (χ4n) is 5.46. The molecule has 2 aliphatic rings. The zero-order valence-electron chi connectivity index (χ0n) is 19.7. The van der Waals surface area contributed by atoms with Gasteiger partial charge >= 0.3 is 0 Å². The van der Waals surface area contributed by atoms with Crippen LogP contribution in [-0.4, -0.2) is 4.98 Å². The lowest BCUT2D eigenvalue weighted by Crippen LogP contribution is -2.04. The number of ether oxygens (including phenoxy) is 1. The number of unbranched alkanes of at least 4 members (excludes halogenated alkanes) is 2. The normalized spacial score (nSPS) is 18.2. The summed E-state index contributed by atoms with van der Waals surface area (Å²) in [6.07, 6.45) is 8.83. The molecule has 1 saturated carbocycles. The lowest BCUT2D eigenvalue weighted by molar-refractivity contribution is 0.287. The first kappa shape index (κ1) is 22.1. The van der Waals surface area contributed by atoms with E-state index in [9.17, 15) is 8.78 Å². The van der Waals surface area contributed by atoms with Gasteiger partial charge in [-0.2, -0.15) is 0 Å². The maximum Gasteiger partial charge on any atom is 0.213 e. The second-order valence-electron chi connectivity index (χ2n) is 9.80. The number of nitrogens with zero attached hydrogens (tertiary/aromatic N) is 1. The van der Waals surface area contributed by atoms with Gasteiger partial charge in [0.1, 0.15) is 18.2 Å². The molecule has 172 valence electrons. The van der Waals surface area contributed by atoms with E-state index in [1.54, 1.807) is 6.07 Å². The van der Waals surface area contributed by atoms with E-state index in [1.165, 1.54) is 36.0 Å². The Bertz CT molecular complexity index is 1180. The number of halogens is 2. The maximum atomic E-state index is 14.9. The van der Waals surface area contributed by atoms with E-state index in [-0.39, 0.29) is 6.61 Å². The van der Waals surface area contributed by atoms with Crippen molar-refractivity contribution in [1.29, 1.82) is 0 Å². The van der Waals surface area contributed by atoms with E-state index < -0.39 is 11.6 Å². The van der Waals surface area contributed by atoms with Gasteiger partial charge in [0.15, 0.2) is 0 Å². The quantitative estimate of drug-likeness (QED) is 0.331. The van der Waals surface area contributed by atoms with Crippen molar-refractivity contribution >= 4 is 0 Å². The van der Waals surface area contributed by atoms with Crippen molar-refractivity contribution in [2.24, 2.45) is 5.92 Å². The molecule has 1 heterocycles. The Morgan fingerprint density at radius 2 is 1.79 bits per heavy atom. The molecule has 2 aliphatic carbocycles. The Morgan fingerprint density at radius 1 is 1.00 bits per heavy atom. The molecule has 5 rings (SSSR count). The third-order valence-corrected chi connectivity index (χ3v) is 7.25. The van der Waals surface area contributed by atoms with Crippen LogP contribution in [0.25, 0.3) is 11.1 Å². The Balaban J connectivity index is 1.37. The summed E-state index contributed by atoms with van der Waals surface area (Å²) in [6, 6.07) is 8.83. The number of aromatic nitrogens is 1. The first-order valence-electron chi connectivity index (χ1n) is 12.1. The van der Waals surface area contributed by atoms with E-state index >= 15 is 0 Å². The first-order valence-corrected chi connectivity index (χ1v) is 12.1. The van der Waals surface area contributed by atoms with Crippen LogP contribution in [-0.2, 0) is 19.4 Å². The summed E-state index contributed by atoms with van der Waals surface area (Å²) in [5.74, 6) is 0.826. The van der Waals surface area contributed by atoms with E-state index in [1.807, 2.05) is 26.1 Å². The van der Waals surface area contributed by atoms with E-state index in [0.29, 0.717) is 22.9 Å². The minimum atomic E-state index is -0.592. The van der Waals surface area contributed by atoms with Gasteiger partial charge in [0, 0.05) is 29.5 Å². The number of pyridine rings is 1. The molecule has 3 aromatic rings. The summed E-state index contributed by atoms with van der Waals surface area (Å²) < 4.78 is 35.3. The van der Waals surface area contributed by atoms with Gasteiger partial charge in [0.05, 0.1) is 0 Å².